The summed E-state index contributed by atoms with van der Waals surface area (Å²) in [6.45, 7) is 0.862. The van der Waals surface area contributed by atoms with Gasteiger partial charge in [-0.1, -0.05) is 78.3 Å². The van der Waals surface area contributed by atoms with Crippen LogP contribution in [-0.2, 0) is 22.7 Å². The summed E-state index contributed by atoms with van der Waals surface area (Å²) in [5, 5.41) is 24.2. The summed E-state index contributed by atoms with van der Waals surface area (Å²) < 4.78 is 6.06. The van der Waals surface area contributed by atoms with Gasteiger partial charge in [-0.2, -0.15) is 0 Å². The summed E-state index contributed by atoms with van der Waals surface area (Å²) in [6.07, 6.45) is -0.696. The van der Waals surface area contributed by atoms with Crippen LogP contribution >= 0.6 is 11.6 Å². The number of carbonyl (C=O) groups excluding carboxylic acids is 2. The predicted octanol–water partition coefficient (Wildman–Crippen LogP) is 4.68. The van der Waals surface area contributed by atoms with Crippen molar-refractivity contribution in [2.75, 3.05) is 6.54 Å². The average Bonchev–Trinajstić information content (AvgIpc) is 3.53. The van der Waals surface area contributed by atoms with Crippen molar-refractivity contribution in [1.82, 2.24) is 15.2 Å². The van der Waals surface area contributed by atoms with E-state index in [1.165, 1.54) is 4.90 Å². The van der Waals surface area contributed by atoms with Crippen molar-refractivity contribution < 1.29 is 24.5 Å². The molecular weight excluding hydrogens is 554 g/mol. The molecule has 0 radical (unpaired) electrons. The van der Waals surface area contributed by atoms with Crippen LogP contribution in [0.3, 0.4) is 0 Å². The van der Waals surface area contributed by atoms with Crippen LogP contribution in [0.25, 0.3) is 11.1 Å². The van der Waals surface area contributed by atoms with Gasteiger partial charge in [0, 0.05) is 28.9 Å². The number of nitrogens with zero attached hydrogens (tertiary/aromatic N) is 2. The second-order valence-corrected chi connectivity index (χ2v) is 10.6. The molecule has 2 heterocycles. The Balaban J connectivity index is 1.17. The second kappa shape index (κ2) is 13.6. The van der Waals surface area contributed by atoms with Gasteiger partial charge in [-0.25, -0.2) is 0 Å². The Hall–Kier alpha value is -4.24. The first kappa shape index (κ1) is 29.3. The number of benzene rings is 3. The van der Waals surface area contributed by atoms with Gasteiger partial charge >= 0.3 is 0 Å². The smallest absolute Gasteiger partial charge is 0.255 e. The highest BCUT2D eigenvalue weighted by molar-refractivity contribution is 6.30. The highest BCUT2D eigenvalue weighted by Gasteiger charge is 2.38. The van der Waals surface area contributed by atoms with E-state index in [4.69, 9.17) is 16.3 Å². The Labute approximate surface area is 249 Å². The molecule has 3 atom stereocenters. The Kier molecular flexibility index (Phi) is 9.48. The van der Waals surface area contributed by atoms with Crippen molar-refractivity contribution in [1.29, 1.82) is 0 Å². The molecule has 1 aliphatic heterocycles. The quantitative estimate of drug-likeness (QED) is 0.249. The Morgan fingerprint density at radius 1 is 0.976 bits per heavy atom. The van der Waals surface area contributed by atoms with Gasteiger partial charge in [0.15, 0.2) is 12.2 Å². The molecule has 3 N–H and O–H groups in total. The third-order valence-electron chi connectivity index (χ3n) is 7.29. The molecule has 8 nitrogen and oxygen atoms in total. The highest BCUT2D eigenvalue weighted by atomic mass is 35.5. The van der Waals surface area contributed by atoms with Crippen LogP contribution in [0.15, 0.2) is 97.2 Å². The van der Waals surface area contributed by atoms with Gasteiger partial charge in [-0.3, -0.25) is 14.6 Å². The fourth-order valence-corrected chi connectivity index (χ4v) is 5.27. The van der Waals surface area contributed by atoms with Crippen molar-refractivity contribution in [3.8, 4) is 16.9 Å². The van der Waals surface area contributed by atoms with E-state index in [2.05, 4.69) is 10.3 Å². The molecule has 0 spiro atoms. The number of aliphatic hydroxyl groups excluding tert-OH is 2. The number of aliphatic hydroxyl groups is 2. The molecule has 216 valence electrons. The van der Waals surface area contributed by atoms with Gasteiger partial charge in [-0.15, -0.1) is 0 Å². The standard InChI is InChI=1S/C33H32ClN3O5/c34-25-11-6-10-23(18-25)28-13-7-17-37(28)33(41)31(39)30(38)32(40)36-20-26-16-15-24(19-35-26)27-12-4-5-14-29(27)42-21-22-8-2-1-3-9-22/h1-6,8-12,14-16,18-19,28,30-31,38-39H,7,13,17,20-21H2,(H,36,40)/t28-,30?,31?/m1/s1. The maximum Gasteiger partial charge on any atom is 0.255 e. The number of aromatic nitrogens is 1. The topological polar surface area (TPSA) is 112 Å². The SMILES string of the molecule is O=C(NCc1ccc(-c2ccccc2OCc2ccccc2)cn1)C(O)C(O)C(=O)N1CCC[C@@H]1c1cccc(Cl)c1. The summed E-state index contributed by atoms with van der Waals surface area (Å²) in [5.41, 5.74) is 4.18. The number of carbonyl (C=O) groups is 2. The van der Waals surface area contributed by atoms with Crippen molar-refractivity contribution in [2.24, 2.45) is 0 Å². The van der Waals surface area contributed by atoms with E-state index in [9.17, 15) is 19.8 Å². The fraction of sp³-hybridized carbons (Fsp3) is 0.242. The Morgan fingerprint density at radius 2 is 1.76 bits per heavy atom. The van der Waals surface area contributed by atoms with Gasteiger partial charge in [0.2, 0.25) is 0 Å². The normalized spacial score (nSPS) is 16.1. The Bertz CT molecular complexity index is 1520. The molecular formula is C33H32ClN3O5. The summed E-state index contributed by atoms with van der Waals surface area (Å²) in [5.74, 6) is -0.836. The maximum atomic E-state index is 13.0. The molecule has 1 saturated heterocycles. The molecule has 5 rings (SSSR count). The second-order valence-electron chi connectivity index (χ2n) is 10.2. The van der Waals surface area contributed by atoms with Crippen LogP contribution in [0.5, 0.6) is 5.75 Å². The molecule has 0 aliphatic carbocycles. The molecule has 0 bridgehead atoms. The summed E-state index contributed by atoms with van der Waals surface area (Å²) in [4.78, 5) is 31.6. The van der Waals surface area contributed by atoms with Crippen LogP contribution < -0.4 is 10.1 Å². The molecule has 1 aromatic heterocycles. The number of pyridine rings is 1. The fourth-order valence-electron chi connectivity index (χ4n) is 5.08. The zero-order chi connectivity index (χ0) is 29.5. The van der Waals surface area contributed by atoms with E-state index in [1.807, 2.05) is 66.7 Å². The third-order valence-corrected chi connectivity index (χ3v) is 7.53. The number of amides is 2. The lowest BCUT2D eigenvalue weighted by Crippen LogP contribution is -2.50. The van der Waals surface area contributed by atoms with Crippen molar-refractivity contribution in [3.05, 3.63) is 119 Å². The summed E-state index contributed by atoms with van der Waals surface area (Å²) in [6, 6.07) is 28.1. The zero-order valence-corrected chi connectivity index (χ0v) is 23.7. The number of likely N-dealkylation sites (tertiary alicyclic amines) is 1. The molecule has 3 aromatic carbocycles. The highest BCUT2D eigenvalue weighted by Crippen LogP contribution is 2.34. The van der Waals surface area contributed by atoms with Gasteiger partial charge in [-0.05, 0) is 48.2 Å². The first-order valence-corrected chi connectivity index (χ1v) is 14.2. The molecule has 2 unspecified atom stereocenters. The monoisotopic (exact) mass is 585 g/mol. The third kappa shape index (κ3) is 6.97. The van der Waals surface area contributed by atoms with E-state index >= 15 is 0 Å². The van der Waals surface area contributed by atoms with E-state index in [0.29, 0.717) is 30.3 Å². The molecule has 1 aliphatic rings. The van der Waals surface area contributed by atoms with Crippen LogP contribution in [0.1, 0.15) is 35.7 Å². The lowest BCUT2D eigenvalue weighted by atomic mass is 10.0. The number of rotatable bonds is 10. The van der Waals surface area contributed by atoms with E-state index in [-0.39, 0.29) is 12.6 Å². The average molecular weight is 586 g/mol. The van der Waals surface area contributed by atoms with Gasteiger partial charge in [0.1, 0.15) is 12.4 Å². The minimum absolute atomic E-state index is 0.0120. The van der Waals surface area contributed by atoms with E-state index in [1.54, 1.807) is 30.5 Å². The summed E-state index contributed by atoms with van der Waals surface area (Å²) >= 11 is 6.11. The van der Waals surface area contributed by atoms with Crippen molar-refractivity contribution >= 4 is 23.4 Å². The number of hydrogen-bond donors (Lipinski definition) is 3. The summed E-state index contributed by atoms with van der Waals surface area (Å²) in [7, 11) is 0. The molecule has 2 amide bonds. The molecule has 42 heavy (non-hydrogen) atoms. The molecule has 0 saturated carbocycles. The van der Waals surface area contributed by atoms with Crippen LogP contribution in [0.4, 0.5) is 0 Å². The Morgan fingerprint density at radius 3 is 2.52 bits per heavy atom. The number of nitrogens with one attached hydrogen (secondary N) is 1. The number of hydrogen-bond acceptors (Lipinski definition) is 6. The maximum absolute atomic E-state index is 13.0. The number of halogens is 1. The lowest BCUT2D eigenvalue weighted by molar-refractivity contribution is -0.153. The first-order valence-electron chi connectivity index (χ1n) is 13.8. The number of para-hydroxylation sites is 1. The van der Waals surface area contributed by atoms with E-state index < -0.39 is 24.0 Å². The van der Waals surface area contributed by atoms with Crippen molar-refractivity contribution in [3.63, 3.8) is 0 Å². The van der Waals surface area contributed by atoms with Gasteiger partial charge in [0.25, 0.3) is 11.8 Å². The minimum Gasteiger partial charge on any atom is -0.488 e. The van der Waals surface area contributed by atoms with Crippen LogP contribution in [-0.4, -0.2) is 50.7 Å². The molecule has 9 heteroatoms. The first-order chi connectivity index (χ1) is 20.4. The minimum atomic E-state index is -1.92. The van der Waals surface area contributed by atoms with E-state index in [0.717, 1.165) is 34.4 Å². The van der Waals surface area contributed by atoms with Crippen molar-refractivity contribution in [2.45, 2.75) is 44.2 Å². The molecule has 4 aromatic rings. The van der Waals surface area contributed by atoms with Crippen LogP contribution in [0.2, 0.25) is 5.02 Å². The zero-order valence-electron chi connectivity index (χ0n) is 22.9. The van der Waals surface area contributed by atoms with Gasteiger partial charge in [0.05, 0.1) is 18.3 Å². The largest absolute Gasteiger partial charge is 0.488 e. The van der Waals surface area contributed by atoms with Gasteiger partial charge < -0.3 is 25.2 Å². The number of ether oxygens (including phenoxy) is 1. The lowest BCUT2D eigenvalue weighted by Gasteiger charge is -2.28. The van der Waals surface area contributed by atoms with Crippen LogP contribution in [0, 0.1) is 0 Å². The predicted molar refractivity (Wildman–Crippen MR) is 159 cm³/mol. The molecule has 1 fully saturated rings.